The van der Waals surface area contributed by atoms with Crippen LogP contribution < -0.4 is 5.73 Å². The highest BCUT2D eigenvalue weighted by molar-refractivity contribution is 5.19. The molecule has 0 atom stereocenters. The summed E-state index contributed by atoms with van der Waals surface area (Å²) in [6.45, 7) is 11.3. The Bertz CT molecular complexity index is 344. The third-order valence-electron chi connectivity index (χ3n) is 3.40. The van der Waals surface area contributed by atoms with Crippen LogP contribution in [0, 0.1) is 6.92 Å². The molecule has 0 saturated heterocycles. The first-order valence-corrected chi connectivity index (χ1v) is 7.10. The van der Waals surface area contributed by atoms with Crippen LogP contribution in [0.15, 0.2) is 10.5 Å². The molecule has 1 rings (SSSR count). The van der Waals surface area contributed by atoms with Gasteiger partial charge in [-0.1, -0.05) is 19.8 Å². The van der Waals surface area contributed by atoms with E-state index in [-0.39, 0.29) is 0 Å². The highest BCUT2D eigenvalue weighted by Crippen LogP contribution is 2.17. The summed E-state index contributed by atoms with van der Waals surface area (Å²) in [4.78, 5) is 2.47. The second-order valence-corrected chi connectivity index (χ2v) is 5.29. The molecule has 1 heterocycles. The van der Waals surface area contributed by atoms with E-state index in [2.05, 4.69) is 38.7 Å². The van der Waals surface area contributed by atoms with Crippen molar-refractivity contribution in [3.63, 3.8) is 0 Å². The van der Waals surface area contributed by atoms with Crippen molar-refractivity contribution < 1.29 is 4.42 Å². The quantitative estimate of drug-likeness (QED) is 0.721. The molecule has 0 aromatic carbocycles. The number of hydrogen-bond donors (Lipinski definition) is 1. The van der Waals surface area contributed by atoms with Crippen LogP contribution in [0.25, 0.3) is 0 Å². The first kappa shape index (κ1) is 15.3. The molecule has 0 spiro atoms. The lowest BCUT2D eigenvalue weighted by Crippen LogP contribution is -2.31. The van der Waals surface area contributed by atoms with Gasteiger partial charge in [0.1, 0.15) is 11.5 Å². The van der Waals surface area contributed by atoms with E-state index < -0.39 is 0 Å². The number of rotatable bonds is 8. The molecular formula is C15H28N2O. The molecule has 18 heavy (non-hydrogen) atoms. The zero-order valence-corrected chi connectivity index (χ0v) is 12.3. The van der Waals surface area contributed by atoms with Gasteiger partial charge in [0, 0.05) is 6.04 Å². The van der Waals surface area contributed by atoms with Gasteiger partial charge in [-0.2, -0.15) is 0 Å². The number of nitrogens with two attached hydrogens (primary N) is 1. The fourth-order valence-electron chi connectivity index (χ4n) is 2.16. The molecule has 0 saturated carbocycles. The lowest BCUT2D eigenvalue weighted by Gasteiger charge is -2.25. The van der Waals surface area contributed by atoms with Gasteiger partial charge in [0.2, 0.25) is 0 Å². The monoisotopic (exact) mass is 252 g/mol. The summed E-state index contributed by atoms with van der Waals surface area (Å²) in [7, 11) is 0. The molecule has 3 nitrogen and oxygen atoms in total. The normalized spacial score (nSPS) is 11.7. The number of aryl methyl sites for hydroxylation is 1. The number of furan rings is 1. The fraction of sp³-hybridized carbons (Fsp3) is 0.733. The molecule has 0 fully saturated rings. The summed E-state index contributed by atoms with van der Waals surface area (Å²) in [5.41, 5.74) is 6.82. The SMILES string of the molecule is CCCCCN(Cc1cc(C)c(CN)o1)C(C)C. The van der Waals surface area contributed by atoms with Gasteiger partial charge in [0.25, 0.3) is 0 Å². The highest BCUT2D eigenvalue weighted by Gasteiger charge is 2.13. The van der Waals surface area contributed by atoms with Gasteiger partial charge in [-0.25, -0.2) is 0 Å². The van der Waals surface area contributed by atoms with Crippen LogP contribution in [-0.2, 0) is 13.1 Å². The van der Waals surface area contributed by atoms with Gasteiger partial charge >= 0.3 is 0 Å². The van der Waals surface area contributed by atoms with Gasteiger partial charge in [0.15, 0.2) is 0 Å². The van der Waals surface area contributed by atoms with Crippen molar-refractivity contribution in [2.24, 2.45) is 5.73 Å². The maximum Gasteiger partial charge on any atom is 0.120 e. The maximum absolute atomic E-state index is 5.78. The first-order valence-electron chi connectivity index (χ1n) is 7.10. The largest absolute Gasteiger partial charge is 0.463 e. The van der Waals surface area contributed by atoms with Crippen LogP contribution in [0.5, 0.6) is 0 Å². The van der Waals surface area contributed by atoms with E-state index in [0.717, 1.165) is 24.6 Å². The minimum atomic E-state index is 0.489. The predicted octanol–water partition coefficient (Wildman–Crippen LogP) is 3.45. The fourth-order valence-corrected chi connectivity index (χ4v) is 2.16. The average Bonchev–Trinajstić information content (AvgIpc) is 2.68. The topological polar surface area (TPSA) is 42.4 Å². The Balaban J connectivity index is 2.58. The summed E-state index contributed by atoms with van der Waals surface area (Å²) in [5.74, 6) is 1.96. The molecule has 1 aromatic heterocycles. The molecule has 0 aliphatic carbocycles. The van der Waals surface area contributed by atoms with Crippen molar-refractivity contribution >= 4 is 0 Å². The Kier molecular flexibility index (Phi) is 6.44. The van der Waals surface area contributed by atoms with E-state index in [1.54, 1.807) is 0 Å². The Labute approximate surface area is 111 Å². The minimum Gasteiger partial charge on any atom is -0.463 e. The van der Waals surface area contributed by atoms with Crippen molar-refractivity contribution in [1.29, 1.82) is 0 Å². The van der Waals surface area contributed by atoms with E-state index >= 15 is 0 Å². The zero-order chi connectivity index (χ0) is 13.5. The maximum atomic E-state index is 5.78. The zero-order valence-electron chi connectivity index (χ0n) is 12.3. The summed E-state index contributed by atoms with van der Waals surface area (Å²) < 4.78 is 5.78. The van der Waals surface area contributed by atoms with Gasteiger partial charge in [-0.15, -0.1) is 0 Å². The van der Waals surface area contributed by atoms with Crippen molar-refractivity contribution in [2.45, 2.75) is 66.1 Å². The Hall–Kier alpha value is -0.800. The van der Waals surface area contributed by atoms with Gasteiger partial charge in [-0.3, -0.25) is 4.90 Å². The molecule has 0 bridgehead atoms. The van der Waals surface area contributed by atoms with Crippen molar-refractivity contribution in [1.82, 2.24) is 4.90 Å². The van der Waals surface area contributed by atoms with Crippen LogP contribution in [0.2, 0.25) is 0 Å². The molecule has 0 unspecified atom stereocenters. The molecular weight excluding hydrogens is 224 g/mol. The first-order chi connectivity index (χ1) is 8.58. The third-order valence-corrected chi connectivity index (χ3v) is 3.40. The van der Waals surface area contributed by atoms with Crippen molar-refractivity contribution in [2.75, 3.05) is 6.54 Å². The number of hydrogen-bond acceptors (Lipinski definition) is 3. The second-order valence-electron chi connectivity index (χ2n) is 5.29. The molecule has 104 valence electrons. The van der Waals surface area contributed by atoms with E-state index in [9.17, 15) is 0 Å². The Morgan fingerprint density at radius 3 is 2.56 bits per heavy atom. The lowest BCUT2D eigenvalue weighted by atomic mass is 10.2. The molecule has 2 N–H and O–H groups in total. The average molecular weight is 252 g/mol. The van der Waals surface area contributed by atoms with Crippen LogP contribution in [0.4, 0.5) is 0 Å². The van der Waals surface area contributed by atoms with E-state index in [1.165, 1.54) is 24.8 Å². The van der Waals surface area contributed by atoms with E-state index in [4.69, 9.17) is 10.2 Å². The predicted molar refractivity (Wildman–Crippen MR) is 76.4 cm³/mol. The molecule has 0 aliphatic heterocycles. The second kappa shape index (κ2) is 7.59. The van der Waals surface area contributed by atoms with Gasteiger partial charge in [-0.05, 0) is 45.4 Å². The number of nitrogens with zero attached hydrogens (tertiary/aromatic N) is 1. The van der Waals surface area contributed by atoms with Crippen LogP contribution in [0.3, 0.4) is 0 Å². The Morgan fingerprint density at radius 2 is 2.06 bits per heavy atom. The van der Waals surface area contributed by atoms with Crippen molar-refractivity contribution in [3.8, 4) is 0 Å². The van der Waals surface area contributed by atoms with Gasteiger partial charge in [0.05, 0.1) is 13.1 Å². The molecule has 0 aliphatic rings. The van der Waals surface area contributed by atoms with Crippen LogP contribution in [0.1, 0.15) is 57.1 Å². The summed E-state index contributed by atoms with van der Waals surface area (Å²) in [5, 5.41) is 0. The van der Waals surface area contributed by atoms with Crippen LogP contribution in [-0.4, -0.2) is 17.5 Å². The van der Waals surface area contributed by atoms with Crippen molar-refractivity contribution in [3.05, 3.63) is 23.2 Å². The molecule has 1 aromatic rings. The Morgan fingerprint density at radius 1 is 1.33 bits per heavy atom. The van der Waals surface area contributed by atoms with Crippen LogP contribution >= 0.6 is 0 Å². The summed E-state index contributed by atoms with van der Waals surface area (Å²) >= 11 is 0. The molecule has 3 heteroatoms. The minimum absolute atomic E-state index is 0.489. The van der Waals surface area contributed by atoms with E-state index in [1.807, 2.05) is 0 Å². The highest BCUT2D eigenvalue weighted by atomic mass is 16.3. The molecule has 0 amide bonds. The van der Waals surface area contributed by atoms with E-state index in [0.29, 0.717) is 12.6 Å². The number of unbranched alkanes of at least 4 members (excludes halogenated alkanes) is 2. The third kappa shape index (κ3) is 4.46. The summed E-state index contributed by atoms with van der Waals surface area (Å²) in [6.07, 6.45) is 3.83. The molecule has 0 radical (unpaired) electrons. The lowest BCUT2D eigenvalue weighted by molar-refractivity contribution is 0.191. The smallest absolute Gasteiger partial charge is 0.120 e. The standard InChI is InChI=1S/C15H28N2O/c1-5-6-7-8-17(12(2)3)11-14-9-13(4)15(10-16)18-14/h9,12H,5-8,10-11,16H2,1-4H3. The van der Waals surface area contributed by atoms with Gasteiger partial charge < -0.3 is 10.2 Å². The summed E-state index contributed by atoms with van der Waals surface area (Å²) in [6, 6.07) is 2.67.